The number of methoxy groups -OCH3 is 2. The predicted molar refractivity (Wildman–Crippen MR) is 284 cm³/mol. The molecule has 27 heteroatoms. The molecule has 1 aromatic heterocycles. The van der Waals surface area contributed by atoms with Gasteiger partial charge in [-0.15, -0.1) is 0 Å². The van der Waals surface area contributed by atoms with Crippen molar-refractivity contribution < 1.29 is 73.6 Å². The smallest absolute Gasteiger partial charge is 0.407 e. The molecule has 2 aliphatic heterocycles. The van der Waals surface area contributed by atoms with Crippen LogP contribution in [0.5, 0.6) is 0 Å². The maximum Gasteiger partial charge on any atom is 0.407 e. The Bertz CT molecular complexity index is 2820. The van der Waals surface area contributed by atoms with Gasteiger partial charge in [-0.2, -0.15) is 26.3 Å². The van der Waals surface area contributed by atoms with Crippen molar-refractivity contribution in [3.05, 3.63) is 94.2 Å². The van der Waals surface area contributed by atoms with E-state index >= 15 is 8.78 Å². The summed E-state index contributed by atoms with van der Waals surface area (Å²) in [6, 6.07) is 5.51. The summed E-state index contributed by atoms with van der Waals surface area (Å²) in [5.74, 6) is 0.897. The summed E-state index contributed by atoms with van der Waals surface area (Å²) in [5.41, 5.74) is -3.84. The molecule has 1 saturated carbocycles. The summed E-state index contributed by atoms with van der Waals surface area (Å²) >= 11 is 0.673. The molecule has 6 rings (SSSR count). The van der Waals surface area contributed by atoms with Gasteiger partial charge in [0.25, 0.3) is 5.91 Å². The second kappa shape index (κ2) is 26.1. The molecule has 4 amide bonds. The van der Waals surface area contributed by atoms with E-state index in [0.717, 1.165) is 58.5 Å². The van der Waals surface area contributed by atoms with Gasteiger partial charge in [-0.1, -0.05) is 35.7 Å². The standard InChI is InChI=1S/C54H66F8N10O8S/c1-29-24-72(30(2)23-71(29)36-27-80-28-36)42-18-15-33(22-65-42)14-11-31-9-12-32(13-10-31)19-40(66-47(74)43(67-49(76)78-7)51(3,4)53(57,58)59)41(73)26-70(69-48(75)44(68-50(77)79-8)52(5,6)54(60,61)62)25-37-38(55)20-35(21-39(37)56)46(64)81-45(63)34-16-17-34/h9-10,12-13,15,18,20-22,29-30,34,36,40-41,43-44,63-64,73H,16-17,19,23-28H2,1-8H3,(H,66,74)(H,67,76)(H,68,77)(H,69,75)/t29-,30-,40+,41+,43-,44-/m1/s1. The van der Waals surface area contributed by atoms with E-state index in [-0.39, 0.29) is 33.7 Å². The normalized spacial score (nSPS) is 18.7. The van der Waals surface area contributed by atoms with Crippen LogP contribution in [0.2, 0.25) is 0 Å². The Morgan fingerprint density at radius 1 is 0.815 bits per heavy atom. The summed E-state index contributed by atoms with van der Waals surface area (Å²) < 4.78 is 134. The predicted octanol–water partition coefficient (Wildman–Crippen LogP) is 7.05. The largest absolute Gasteiger partial charge is 0.453 e. The van der Waals surface area contributed by atoms with Gasteiger partial charge in [0, 0.05) is 72.6 Å². The third-order valence-corrected chi connectivity index (χ3v) is 15.6. The fraction of sp³-hybridized carbons (Fsp3) is 0.537. The number of hydrazine groups is 1. The van der Waals surface area contributed by atoms with Gasteiger partial charge < -0.3 is 40.2 Å². The molecule has 3 fully saturated rings. The number of halogens is 8. The second-order valence-electron chi connectivity index (χ2n) is 21.4. The lowest BCUT2D eigenvalue weighted by molar-refractivity contribution is -0.221. The van der Waals surface area contributed by atoms with E-state index in [1.54, 1.807) is 18.3 Å². The third kappa shape index (κ3) is 15.9. The monoisotopic (exact) mass is 1170 g/mol. The molecular weight excluding hydrogens is 1100 g/mol. The van der Waals surface area contributed by atoms with E-state index in [1.165, 1.54) is 12.1 Å². The summed E-state index contributed by atoms with van der Waals surface area (Å²) in [4.78, 5) is 62.3. The maximum absolute atomic E-state index is 16.1. The number of carbonyl (C=O) groups excluding carboxylic acids is 4. The van der Waals surface area contributed by atoms with Crippen LogP contribution in [-0.2, 0) is 36.8 Å². The molecule has 6 atom stereocenters. The van der Waals surface area contributed by atoms with Gasteiger partial charge >= 0.3 is 24.5 Å². The molecular formula is C54H66F8N10O8S. The lowest BCUT2D eigenvalue weighted by atomic mass is 9.82. The number of aromatic nitrogens is 1. The number of rotatable bonds is 19. The number of benzene rings is 2. The van der Waals surface area contributed by atoms with Crippen LogP contribution in [0, 0.1) is 51.0 Å². The van der Waals surface area contributed by atoms with E-state index in [1.807, 2.05) is 22.8 Å². The number of carbonyl (C=O) groups is 4. The van der Waals surface area contributed by atoms with Crippen molar-refractivity contribution in [3.8, 4) is 11.8 Å². The second-order valence-corrected chi connectivity index (χ2v) is 22.5. The molecule has 7 N–H and O–H groups in total. The third-order valence-electron chi connectivity index (χ3n) is 14.6. The van der Waals surface area contributed by atoms with Crippen LogP contribution in [-0.4, -0.2) is 156 Å². The molecule has 442 valence electrons. The Hall–Kier alpha value is -6.60. The summed E-state index contributed by atoms with van der Waals surface area (Å²) in [7, 11) is 1.64. The Labute approximate surface area is 467 Å². The first-order chi connectivity index (χ1) is 37.8. The number of thioether (sulfide) groups is 1. The van der Waals surface area contributed by atoms with Crippen molar-refractivity contribution in [2.75, 3.05) is 52.0 Å². The van der Waals surface area contributed by atoms with Crippen LogP contribution >= 0.6 is 11.8 Å². The highest BCUT2D eigenvalue weighted by molar-refractivity contribution is 8.26. The molecule has 2 aromatic carbocycles. The quantitative estimate of drug-likeness (QED) is 0.0210. The van der Waals surface area contributed by atoms with Crippen LogP contribution in [0.15, 0.2) is 54.7 Å². The lowest BCUT2D eigenvalue weighted by Crippen LogP contribution is -2.63. The first-order valence-corrected chi connectivity index (χ1v) is 26.5. The highest BCUT2D eigenvalue weighted by Gasteiger charge is 2.57. The molecule has 0 radical (unpaired) electrons. The van der Waals surface area contributed by atoms with Crippen molar-refractivity contribution in [1.29, 1.82) is 10.8 Å². The molecule has 3 aliphatic rings. The summed E-state index contributed by atoms with van der Waals surface area (Å²) in [6.45, 7) is 7.55. The molecule has 2 saturated heterocycles. The number of aliphatic hydroxyl groups excluding tert-OH is 1. The fourth-order valence-corrected chi connectivity index (χ4v) is 9.78. The van der Waals surface area contributed by atoms with Gasteiger partial charge in [0.05, 0.1) is 61.5 Å². The Morgan fingerprint density at radius 2 is 1.36 bits per heavy atom. The zero-order chi connectivity index (χ0) is 59.9. The Kier molecular flexibility index (Phi) is 20.5. The number of nitrogens with one attached hydrogen (secondary N) is 6. The number of anilines is 1. The zero-order valence-electron chi connectivity index (χ0n) is 45.7. The van der Waals surface area contributed by atoms with Gasteiger partial charge in [0.2, 0.25) is 5.91 Å². The number of alkyl carbamates (subject to hydrolysis) is 2. The lowest BCUT2D eigenvalue weighted by Gasteiger charge is -2.49. The van der Waals surface area contributed by atoms with Gasteiger partial charge in [-0.25, -0.2) is 28.4 Å². The number of hydrogen-bond acceptors (Lipinski definition) is 15. The average molecular weight is 1170 g/mol. The zero-order valence-corrected chi connectivity index (χ0v) is 46.5. The first-order valence-electron chi connectivity index (χ1n) is 25.7. The van der Waals surface area contributed by atoms with Gasteiger partial charge in [0.15, 0.2) is 0 Å². The minimum atomic E-state index is -5.20. The van der Waals surface area contributed by atoms with Gasteiger partial charge in [-0.3, -0.25) is 30.7 Å². The van der Waals surface area contributed by atoms with Crippen molar-refractivity contribution in [2.45, 2.75) is 122 Å². The SMILES string of the molecule is COC(=O)N[C@H](C(=O)N[C@@H](Cc1ccc(C#Cc2ccc(N3C[C@@H](C)N(C4COC4)C[C@H]3C)nc2)cc1)[C@@H](O)CN(Cc1c(F)cc(C(=N)SC(=N)C2CC2)cc1F)NC(=O)[C@@H](NC(=O)OC)C(C)(C)C(F)(F)F)C(C)(C)C(F)(F)F. The molecule has 0 bridgehead atoms. The number of pyridine rings is 1. The van der Waals surface area contributed by atoms with E-state index in [4.69, 9.17) is 15.6 Å². The number of piperazine rings is 1. The average Bonchev–Trinajstić information content (AvgIpc) is 4.24. The number of aliphatic hydroxyl groups is 1. The highest BCUT2D eigenvalue weighted by Crippen LogP contribution is 2.42. The maximum atomic E-state index is 16.1. The molecule has 0 spiro atoms. The molecule has 81 heavy (non-hydrogen) atoms. The van der Waals surface area contributed by atoms with Crippen LogP contribution in [0.1, 0.15) is 82.2 Å². The van der Waals surface area contributed by atoms with Gasteiger partial charge in [-0.05, 0) is 103 Å². The van der Waals surface area contributed by atoms with E-state index < -0.39 is 108 Å². The minimum Gasteiger partial charge on any atom is -0.453 e. The van der Waals surface area contributed by atoms with Crippen LogP contribution in [0.4, 0.5) is 50.5 Å². The topological polar surface area (TPSA) is 235 Å². The number of amides is 4. The van der Waals surface area contributed by atoms with Crippen LogP contribution in [0.25, 0.3) is 0 Å². The molecule has 18 nitrogen and oxygen atoms in total. The van der Waals surface area contributed by atoms with Crippen molar-refractivity contribution in [3.63, 3.8) is 0 Å². The van der Waals surface area contributed by atoms with Crippen molar-refractivity contribution in [2.24, 2.45) is 16.7 Å². The van der Waals surface area contributed by atoms with Crippen molar-refractivity contribution in [1.82, 2.24) is 36.3 Å². The molecule has 1 aliphatic carbocycles. The number of ether oxygens (including phenoxy) is 3. The van der Waals surface area contributed by atoms with E-state index in [0.29, 0.717) is 80.0 Å². The van der Waals surface area contributed by atoms with E-state index in [2.05, 4.69) is 60.7 Å². The van der Waals surface area contributed by atoms with Gasteiger partial charge in [0.1, 0.15) is 34.6 Å². The van der Waals surface area contributed by atoms with E-state index in [9.17, 15) is 50.6 Å². The highest BCUT2D eigenvalue weighted by atomic mass is 32.2. The molecule has 3 aromatic rings. The number of hydrogen-bond donors (Lipinski definition) is 7. The Morgan fingerprint density at radius 3 is 1.85 bits per heavy atom. The van der Waals surface area contributed by atoms with Crippen LogP contribution < -0.4 is 26.3 Å². The molecule has 3 heterocycles. The van der Waals surface area contributed by atoms with Crippen molar-refractivity contribution >= 4 is 51.7 Å². The number of alkyl halides is 6. The summed E-state index contributed by atoms with van der Waals surface area (Å²) in [5, 5.41) is 34.9. The number of nitrogens with zero attached hydrogens (tertiary/aromatic N) is 4. The first kappa shape index (κ1) is 63.6. The minimum absolute atomic E-state index is 0.0997. The van der Waals surface area contributed by atoms with Crippen LogP contribution in [0.3, 0.4) is 0 Å². The summed E-state index contributed by atoms with van der Waals surface area (Å²) in [6.07, 6.45) is -12.8. The fourth-order valence-electron chi connectivity index (χ4n) is 8.92. The Balaban J connectivity index is 1.31. The molecule has 0 unspecified atom stereocenters.